The molecule has 0 aromatic carbocycles. The molecule has 0 unspecified atom stereocenters. The maximum Gasteiger partial charge on any atom is 0.0718 e. The molecule has 0 rings (SSSR count). The lowest BCUT2D eigenvalue weighted by molar-refractivity contribution is 0.639. The molecule has 0 aromatic heterocycles. The fraction of sp³-hybridized carbons (Fsp3) is 0.800. The first-order chi connectivity index (χ1) is 8.29. The van der Waals surface area contributed by atoms with Gasteiger partial charge >= 0.3 is 0 Å². The van der Waals surface area contributed by atoms with Gasteiger partial charge in [0.25, 0.3) is 0 Å². The Balaban J connectivity index is 3.80. The highest BCUT2D eigenvalue weighted by Gasteiger charge is 2.08. The molecule has 0 aliphatic heterocycles. The summed E-state index contributed by atoms with van der Waals surface area (Å²) in [6, 6.07) is 2.72. The van der Waals surface area contributed by atoms with Gasteiger partial charge < -0.3 is 0 Å². The van der Waals surface area contributed by atoms with Gasteiger partial charge in [-0.3, -0.25) is 4.99 Å². The summed E-state index contributed by atoms with van der Waals surface area (Å²) in [5.41, 5.74) is 0. The van der Waals surface area contributed by atoms with E-state index in [0.717, 1.165) is 6.54 Å². The summed E-state index contributed by atoms with van der Waals surface area (Å²) in [6.45, 7) is 10.1. The Morgan fingerprint density at radius 3 is 2.18 bits per heavy atom. The van der Waals surface area contributed by atoms with Crippen molar-refractivity contribution in [3.63, 3.8) is 0 Å². The lowest BCUT2D eigenvalue weighted by Crippen LogP contribution is -2.14. The Morgan fingerprint density at radius 1 is 1.00 bits per heavy atom. The van der Waals surface area contributed by atoms with Gasteiger partial charge in [-0.15, -0.1) is 0 Å². The Bertz CT molecular complexity index is 217. The number of allylic oxidation sites excluding steroid dienone is 2. The average molecular weight is 254 g/mol. The van der Waals surface area contributed by atoms with E-state index in [1.165, 1.54) is 44.2 Å². The summed E-state index contributed by atoms with van der Waals surface area (Å²) in [6.07, 6.45) is 11.1. The van der Waals surface area contributed by atoms with Gasteiger partial charge in [0.1, 0.15) is 0 Å². The number of rotatable bonds is 10. The molecule has 0 bridgehead atoms. The predicted molar refractivity (Wildman–Crippen MR) is 84.0 cm³/mol. The molecule has 1 nitrogen and oxygen atoms in total. The summed E-state index contributed by atoms with van der Waals surface area (Å²) >= 11 is 0. The maximum atomic E-state index is 4.60. The van der Waals surface area contributed by atoms with Crippen LogP contribution in [0.1, 0.15) is 59.8 Å². The van der Waals surface area contributed by atoms with Crippen LogP contribution in [0.5, 0.6) is 0 Å². The molecule has 0 heterocycles. The molecule has 0 radical (unpaired) electrons. The minimum atomic E-state index is -0.665. The van der Waals surface area contributed by atoms with E-state index in [2.05, 4.69) is 45.0 Å². The molecule has 0 aliphatic carbocycles. The van der Waals surface area contributed by atoms with Gasteiger partial charge in [-0.25, -0.2) is 0 Å². The minimum Gasteiger partial charge on any atom is -0.293 e. The van der Waals surface area contributed by atoms with Crippen LogP contribution in [0.3, 0.4) is 0 Å². The van der Waals surface area contributed by atoms with Crippen molar-refractivity contribution >= 4 is 15.0 Å². The van der Waals surface area contributed by atoms with Gasteiger partial charge in [0.05, 0.1) is 8.80 Å². The number of hydrogen-bond donors (Lipinski definition) is 0. The molecule has 0 saturated carbocycles. The quantitative estimate of drug-likeness (QED) is 0.302. The van der Waals surface area contributed by atoms with Gasteiger partial charge in [-0.2, -0.15) is 0 Å². The van der Waals surface area contributed by atoms with Crippen LogP contribution in [0, 0.1) is 0 Å². The first-order valence-electron chi connectivity index (χ1n) is 7.46. The molecular formula is C15H31NSi. The second-order valence-corrected chi connectivity index (χ2v) is 8.45. The van der Waals surface area contributed by atoms with Crippen LogP contribution in [0.4, 0.5) is 0 Å². The molecule has 0 aliphatic rings. The van der Waals surface area contributed by atoms with E-state index in [0.29, 0.717) is 0 Å². The van der Waals surface area contributed by atoms with Crippen LogP contribution in [-0.2, 0) is 0 Å². The van der Waals surface area contributed by atoms with Crippen molar-refractivity contribution in [2.75, 3.05) is 6.54 Å². The molecule has 100 valence electrons. The smallest absolute Gasteiger partial charge is 0.0718 e. The normalized spacial score (nSPS) is 12.9. The third-order valence-electron chi connectivity index (χ3n) is 3.42. The molecule has 0 saturated heterocycles. The molecular weight excluding hydrogens is 222 g/mol. The highest BCUT2D eigenvalue weighted by molar-refractivity contribution is 6.71. The van der Waals surface area contributed by atoms with E-state index in [1.54, 1.807) is 5.20 Å². The largest absolute Gasteiger partial charge is 0.293 e. The first kappa shape index (κ1) is 16.6. The van der Waals surface area contributed by atoms with Crippen molar-refractivity contribution in [3.05, 3.63) is 11.3 Å². The summed E-state index contributed by atoms with van der Waals surface area (Å²) in [5, 5.41) is 1.56. The summed E-state index contributed by atoms with van der Waals surface area (Å²) in [4.78, 5) is 4.60. The maximum absolute atomic E-state index is 4.60. The topological polar surface area (TPSA) is 12.4 Å². The third-order valence-corrected chi connectivity index (χ3v) is 6.82. The lowest BCUT2D eigenvalue weighted by atomic mass is 10.2. The Labute approximate surface area is 110 Å². The summed E-state index contributed by atoms with van der Waals surface area (Å²) in [5.74, 6) is 0. The number of nitrogens with zero attached hydrogens (tertiary/aromatic N) is 1. The fourth-order valence-corrected chi connectivity index (χ4v) is 4.46. The van der Waals surface area contributed by atoms with Crippen LogP contribution in [0.2, 0.25) is 12.1 Å². The van der Waals surface area contributed by atoms with E-state index >= 15 is 0 Å². The van der Waals surface area contributed by atoms with E-state index < -0.39 is 8.80 Å². The van der Waals surface area contributed by atoms with Gasteiger partial charge in [-0.05, 0) is 18.5 Å². The zero-order valence-electron chi connectivity index (χ0n) is 12.3. The summed E-state index contributed by atoms with van der Waals surface area (Å²) in [7, 11) is -0.665. The first-order valence-corrected chi connectivity index (χ1v) is 9.67. The molecule has 0 N–H and O–H groups in total. The van der Waals surface area contributed by atoms with Crippen molar-refractivity contribution < 1.29 is 0 Å². The van der Waals surface area contributed by atoms with E-state index in [-0.39, 0.29) is 0 Å². The Hall–Kier alpha value is -0.373. The third kappa shape index (κ3) is 8.36. The summed E-state index contributed by atoms with van der Waals surface area (Å²) < 4.78 is 0. The van der Waals surface area contributed by atoms with Gasteiger partial charge in [0, 0.05) is 12.8 Å². The van der Waals surface area contributed by atoms with E-state index in [9.17, 15) is 0 Å². The second-order valence-electron chi connectivity index (χ2n) is 4.75. The molecule has 0 spiro atoms. The monoisotopic (exact) mass is 253 g/mol. The number of hydrogen-bond acceptors (Lipinski definition) is 1. The van der Waals surface area contributed by atoms with Gasteiger partial charge in [0.15, 0.2) is 0 Å². The van der Waals surface area contributed by atoms with Gasteiger partial charge in [0.2, 0.25) is 0 Å². The highest BCUT2D eigenvalue weighted by atomic mass is 28.3. The molecule has 17 heavy (non-hydrogen) atoms. The average Bonchev–Trinajstić information content (AvgIpc) is 2.36. The molecule has 2 heteroatoms. The van der Waals surface area contributed by atoms with Crippen LogP contribution in [0.15, 0.2) is 16.3 Å². The van der Waals surface area contributed by atoms with E-state index in [4.69, 9.17) is 0 Å². The Morgan fingerprint density at radius 2 is 1.65 bits per heavy atom. The van der Waals surface area contributed by atoms with E-state index in [1.807, 2.05) is 0 Å². The van der Waals surface area contributed by atoms with Crippen LogP contribution in [0.25, 0.3) is 0 Å². The van der Waals surface area contributed by atoms with Crippen molar-refractivity contribution in [1.82, 2.24) is 0 Å². The number of unbranched alkanes of at least 4 members (excludes halogenated alkanes) is 4. The van der Waals surface area contributed by atoms with Crippen molar-refractivity contribution in [3.8, 4) is 0 Å². The SMILES string of the molecule is CC=C(C=NCCCCCCC)[SiH](CC)CC. The molecule has 0 aromatic rings. The van der Waals surface area contributed by atoms with Crippen LogP contribution < -0.4 is 0 Å². The molecule has 0 fully saturated rings. The highest BCUT2D eigenvalue weighted by Crippen LogP contribution is 2.08. The van der Waals surface area contributed by atoms with Gasteiger partial charge in [-0.1, -0.05) is 64.6 Å². The van der Waals surface area contributed by atoms with Crippen LogP contribution >= 0.6 is 0 Å². The van der Waals surface area contributed by atoms with Crippen molar-refractivity contribution in [1.29, 1.82) is 0 Å². The van der Waals surface area contributed by atoms with Crippen LogP contribution in [-0.4, -0.2) is 21.6 Å². The predicted octanol–water partition coefficient (Wildman–Crippen LogP) is 4.78. The standard InChI is InChI=1S/C15H31NSi/c1-5-9-10-11-12-13-16-14-15(6-2)17(7-3)8-4/h6,14,17H,5,7-13H2,1-4H3. The fourth-order valence-electron chi connectivity index (χ4n) is 2.15. The van der Waals surface area contributed by atoms with Crippen molar-refractivity contribution in [2.24, 2.45) is 4.99 Å². The zero-order chi connectivity index (χ0) is 12.9. The lowest BCUT2D eigenvalue weighted by Gasteiger charge is -2.10. The minimum absolute atomic E-state index is 0.665. The zero-order valence-corrected chi connectivity index (χ0v) is 13.5. The Kier molecular flexibility index (Phi) is 11.8. The molecule has 0 amide bonds. The second kappa shape index (κ2) is 12.1. The molecule has 0 atom stereocenters. The number of aliphatic imine (C=N–C) groups is 1. The van der Waals surface area contributed by atoms with Crippen molar-refractivity contribution in [2.45, 2.75) is 71.9 Å².